The maximum Gasteiger partial charge on any atom is 0.287 e. The third-order valence-corrected chi connectivity index (χ3v) is 2.35. The van der Waals surface area contributed by atoms with Gasteiger partial charge in [-0.15, -0.1) is 0 Å². The van der Waals surface area contributed by atoms with Gasteiger partial charge < -0.3 is 10.4 Å². The molecule has 0 aliphatic carbocycles. The van der Waals surface area contributed by atoms with Crippen LogP contribution in [0.4, 0.5) is 8.78 Å². The standard InChI is InChI=1S/C9H9BrF2N2O2/c10-6-2-1-3-13-7(6)8(16)14-4-9(11,12)5-15/h1-3,15H,4-5H2,(H,14,16). The van der Waals surface area contributed by atoms with E-state index < -0.39 is 25.0 Å². The molecule has 1 aromatic heterocycles. The lowest BCUT2D eigenvalue weighted by atomic mass is 10.3. The van der Waals surface area contributed by atoms with Gasteiger partial charge in [0.2, 0.25) is 0 Å². The van der Waals surface area contributed by atoms with Crippen molar-refractivity contribution in [3.05, 3.63) is 28.5 Å². The van der Waals surface area contributed by atoms with Crippen LogP contribution < -0.4 is 5.32 Å². The second-order valence-corrected chi connectivity index (χ2v) is 3.88. The smallest absolute Gasteiger partial charge is 0.287 e. The minimum atomic E-state index is -3.32. The van der Waals surface area contributed by atoms with E-state index >= 15 is 0 Å². The van der Waals surface area contributed by atoms with Crippen molar-refractivity contribution in [2.24, 2.45) is 0 Å². The largest absolute Gasteiger partial charge is 0.390 e. The topological polar surface area (TPSA) is 62.2 Å². The number of nitrogens with zero attached hydrogens (tertiary/aromatic N) is 1. The molecule has 1 rings (SSSR count). The first-order valence-electron chi connectivity index (χ1n) is 4.34. The number of rotatable bonds is 4. The van der Waals surface area contributed by atoms with Gasteiger partial charge >= 0.3 is 0 Å². The lowest BCUT2D eigenvalue weighted by molar-refractivity contribution is -0.0462. The molecule has 0 atom stereocenters. The first-order chi connectivity index (χ1) is 7.46. The summed E-state index contributed by atoms with van der Waals surface area (Å²) in [4.78, 5) is 15.1. The fraction of sp³-hybridized carbons (Fsp3) is 0.333. The van der Waals surface area contributed by atoms with Crippen molar-refractivity contribution in [1.82, 2.24) is 10.3 Å². The second-order valence-electron chi connectivity index (χ2n) is 3.03. The van der Waals surface area contributed by atoms with Gasteiger partial charge in [0.05, 0.1) is 6.54 Å². The van der Waals surface area contributed by atoms with Crippen molar-refractivity contribution in [3.8, 4) is 0 Å². The van der Waals surface area contributed by atoms with E-state index in [0.717, 1.165) is 0 Å². The fourth-order valence-electron chi connectivity index (χ4n) is 0.902. The number of hydrogen-bond donors (Lipinski definition) is 2. The summed E-state index contributed by atoms with van der Waals surface area (Å²) >= 11 is 3.07. The lowest BCUT2D eigenvalue weighted by Gasteiger charge is -2.13. The summed E-state index contributed by atoms with van der Waals surface area (Å²) in [6.45, 7) is -2.23. The van der Waals surface area contributed by atoms with Gasteiger partial charge in [-0.25, -0.2) is 13.8 Å². The van der Waals surface area contributed by atoms with Crippen molar-refractivity contribution in [2.45, 2.75) is 5.92 Å². The molecule has 0 saturated carbocycles. The maximum atomic E-state index is 12.6. The van der Waals surface area contributed by atoms with E-state index in [1.165, 1.54) is 6.20 Å². The number of alkyl halides is 2. The Hall–Kier alpha value is -1.08. The molecule has 0 aliphatic rings. The van der Waals surface area contributed by atoms with E-state index in [1.807, 2.05) is 5.32 Å². The Morgan fingerprint density at radius 1 is 1.62 bits per heavy atom. The van der Waals surface area contributed by atoms with Crippen LogP contribution in [0.1, 0.15) is 10.5 Å². The molecule has 0 fully saturated rings. The molecule has 1 aromatic rings. The summed E-state index contributed by atoms with van der Waals surface area (Å²) in [7, 11) is 0. The van der Waals surface area contributed by atoms with E-state index in [2.05, 4.69) is 20.9 Å². The first-order valence-corrected chi connectivity index (χ1v) is 5.13. The summed E-state index contributed by atoms with van der Waals surface area (Å²) in [5, 5.41) is 10.3. The zero-order valence-corrected chi connectivity index (χ0v) is 9.67. The van der Waals surface area contributed by atoms with Crippen LogP contribution in [0.25, 0.3) is 0 Å². The molecule has 88 valence electrons. The molecular weight excluding hydrogens is 286 g/mol. The van der Waals surface area contributed by atoms with Crippen LogP contribution in [0.15, 0.2) is 22.8 Å². The number of aliphatic hydroxyl groups is 1. The highest BCUT2D eigenvalue weighted by Gasteiger charge is 2.28. The monoisotopic (exact) mass is 294 g/mol. The summed E-state index contributed by atoms with van der Waals surface area (Å²) in [5.74, 6) is -4.04. The van der Waals surface area contributed by atoms with E-state index in [1.54, 1.807) is 12.1 Å². The zero-order valence-electron chi connectivity index (χ0n) is 8.08. The molecule has 0 radical (unpaired) electrons. The summed E-state index contributed by atoms with van der Waals surface area (Å²) in [6.07, 6.45) is 1.38. The van der Waals surface area contributed by atoms with Gasteiger partial charge in [-0.3, -0.25) is 4.79 Å². The maximum absolute atomic E-state index is 12.6. The van der Waals surface area contributed by atoms with Gasteiger partial charge in [0.1, 0.15) is 12.3 Å². The Labute approximate surface area is 98.8 Å². The van der Waals surface area contributed by atoms with Gasteiger partial charge in [0.15, 0.2) is 0 Å². The predicted molar refractivity (Wildman–Crippen MR) is 56.3 cm³/mol. The highest BCUT2D eigenvalue weighted by Crippen LogP contribution is 2.14. The number of pyridine rings is 1. The van der Waals surface area contributed by atoms with Gasteiger partial charge in [-0.05, 0) is 28.1 Å². The van der Waals surface area contributed by atoms with Crippen molar-refractivity contribution >= 4 is 21.8 Å². The Morgan fingerprint density at radius 3 is 2.88 bits per heavy atom. The Bertz CT molecular complexity index is 388. The van der Waals surface area contributed by atoms with Crippen LogP contribution in [0.2, 0.25) is 0 Å². The fourth-order valence-corrected chi connectivity index (χ4v) is 1.34. The molecule has 7 heteroatoms. The average molecular weight is 295 g/mol. The van der Waals surface area contributed by atoms with Crippen molar-refractivity contribution in [1.29, 1.82) is 0 Å². The van der Waals surface area contributed by atoms with Crippen LogP contribution in [0, 0.1) is 0 Å². The molecule has 1 heterocycles. The van der Waals surface area contributed by atoms with Crippen LogP contribution >= 0.6 is 15.9 Å². The Morgan fingerprint density at radius 2 is 2.31 bits per heavy atom. The molecule has 4 nitrogen and oxygen atoms in total. The third kappa shape index (κ3) is 3.49. The van der Waals surface area contributed by atoms with Crippen LogP contribution in [0.3, 0.4) is 0 Å². The van der Waals surface area contributed by atoms with Crippen molar-refractivity contribution in [3.63, 3.8) is 0 Å². The average Bonchev–Trinajstić information content (AvgIpc) is 2.27. The SMILES string of the molecule is O=C(NCC(F)(F)CO)c1ncccc1Br. The third-order valence-electron chi connectivity index (χ3n) is 1.71. The number of nitrogens with one attached hydrogen (secondary N) is 1. The lowest BCUT2D eigenvalue weighted by Crippen LogP contribution is -2.39. The summed E-state index contributed by atoms with van der Waals surface area (Å²) < 4.78 is 25.7. The van der Waals surface area contributed by atoms with E-state index in [0.29, 0.717) is 4.47 Å². The molecule has 0 spiro atoms. The summed E-state index contributed by atoms with van der Waals surface area (Å²) in [5.41, 5.74) is 0.0243. The normalized spacial score (nSPS) is 11.2. The van der Waals surface area contributed by atoms with Crippen LogP contribution in [0.5, 0.6) is 0 Å². The van der Waals surface area contributed by atoms with E-state index in [9.17, 15) is 13.6 Å². The van der Waals surface area contributed by atoms with E-state index in [4.69, 9.17) is 5.11 Å². The Kier molecular flexibility index (Phi) is 4.31. The zero-order chi connectivity index (χ0) is 12.2. The molecule has 16 heavy (non-hydrogen) atoms. The number of aromatic nitrogens is 1. The van der Waals surface area contributed by atoms with Gasteiger partial charge in [-0.2, -0.15) is 0 Å². The number of carbonyl (C=O) groups excluding carboxylic acids is 1. The number of amides is 1. The molecule has 1 amide bonds. The number of aliphatic hydroxyl groups excluding tert-OH is 1. The minimum Gasteiger partial charge on any atom is -0.390 e. The number of carbonyl (C=O) groups is 1. The van der Waals surface area contributed by atoms with Gasteiger partial charge in [0, 0.05) is 10.7 Å². The second kappa shape index (κ2) is 5.31. The molecule has 2 N–H and O–H groups in total. The first kappa shape index (κ1) is 13.0. The molecule has 0 unspecified atom stereocenters. The van der Waals surface area contributed by atoms with Crippen LogP contribution in [-0.2, 0) is 0 Å². The number of hydrogen-bond acceptors (Lipinski definition) is 3. The van der Waals surface area contributed by atoms with Crippen molar-refractivity contribution < 1.29 is 18.7 Å². The molecule has 0 aromatic carbocycles. The minimum absolute atomic E-state index is 0.0243. The van der Waals surface area contributed by atoms with Gasteiger partial charge in [-0.1, -0.05) is 0 Å². The van der Waals surface area contributed by atoms with Crippen LogP contribution in [-0.4, -0.2) is 35.1 Å². The predicted octanol–water partition coefficient (Wildman–Crippen LogP) is 1.20. The molecule has 0 saturated heterocycles. The van der Waals surface area contributed by atoms with E-state index in [-0.39, 0.29) is 5.69 Å². The number of halogens is 3. The quantitative estimate of drug-likeness (QED) is 0.877. The molecular formula is C9H9BrF2N2O2. The van der Waals surface area contributed by atoms with Crippen molar-refractivity contribution in [2.75, 3.05) is 13.2 Å². The van der Waals surface area contributed by atoms with Gasteiger partial charge in [0.25, 0.3) is 11.8 Å². The highest BCUT2D eigenvalue weighted by atomic mass is 79.9. The highest BCUT2D eigenvalue weighted by molar-refractivity contribution is 9.10. The Balaban J connectivity index is 2.64. The molecule has 0 aliphatic heterocycles. The summed E-state index contributed by atoms with van der Waals surface area (Å²) in [6, 6.07) is 3.18. The molecule has 0 bridgehead atoms.